The van der Waals surface area contributed by atoms with E-state index in [1.807, 2.05) is 38.2 Å². The van der Waals surface area contributed by atoms with Crippen LogP contribution in [0.3, 0.4) is 0 Å². The highest BCUT2D eigenvalue weighted by atomic mass is 35.5. The number of carbonyl (C=O) groups is 1. The monoisotopic (exact) mass is 442 g/mol. The summed E-state index contributed by atoms with van der Waals surface area (Å²) in [5.41, 5.74) is 3.67. The van der Waals surface area contributed by atoms with Crippen LogP contribution in [0.1, 0.15) is 53.0 Å². The van der Waals surface area contributed by atoms with E-state index >= 15 is 0 Å². The lowest BCUT2D eigenvalue weighted by molar-refractivity contribution is 0.0309. The second kappa shape index (κ2) is 7.65. The van der Waals surface area contributed by atoms with Crippen molar-refractivity contribution in [1.29, 1.82) is 0 Å². The summed E-state index contributed by atoms with van der Waals surface area (Å²) < 4.78 is 1.77. The van der Waals surface area contributed by atoms with E-state index < -0.39 is 0 Å². The van der Waals surface area contributed by atoms with Crippen LogP contribution in [-0.4, -0.2) is 38.7 Å². The van der Waals surface area contributed by atoms with E-state index in [2.05, 4.69) is 5.10 Å². The number of carbonyl (C=O) groups excluding carboxylic acids is 1. The van der Waals surface area contributed by atoms with Gasteiger partial charge in [-0.1, -0.05) is 43.7 Å². The molecule has 0 unspecified atom stereocenters. The molecule has 5 rings (SSSR count). The number of pyridine rings is 1. The van der Waals surface area contributed by atoms with E-state index in [0.717, 1.165) is 56.5 Å². The zero-order chi connectivity index (χ0) is 21.0. The lowest BCUT2D eigenvalue weighted by atomic mass is 9.76. The van der Waals surface area contributed by atoms with Crippen molar-refractivity contribution < 1.29 is 4.79 Å². The van der Waals surface area contributed by atoms with Crippen LogP contribution in [0.4, 0.5) is 0 Å². The van der Waals surface area contributed by atoms with Gasteiger partial charge in [-0.2, -0.15) is 5.10 Å². The predicted octanol–water partition coefficient (Wildman–Crippen LogP) is 5.62. The Labute approximate surface area is 186 Å². The minimum absolute atomic E-state index is 0.122. The maximum Gasteiger partial charge on any atom is 0.264 e. The van der Waals surface area contributed by atoms with Gasteiger partial charge < -0.3 is 4.90 Å². The van der Waals surface area contributed by atoms with Crippen LogP contribution in [-0.2, 0) is 7.05 Å². The molecule has 0 spiro atoms. The van der Waals surface area contributed by atoms with Crippen molar-refractivity contribution in [3.05, 3.63) is 33.6 Å². The van der Waals surface area contributed by atoms with Crippen molar-refractivity contribution in [2.24, 2.45) is 18.9 Å². The first-order valence-corrected chi connectivity index (χ1v) is 12.0. The number of fused-ring (bicyclic) bond motifs is 1. The molecular weight excluding hydrogens is 416 g/mol. The van der Waals surface area contributed by atoms with Gasteiger partial charge in [0.25, 0.3) is 5.91 Å². The fraction of sp³-hybridized carbons (Fsp3) is 0.522. The number of aryl methyl sites for hydroxylation is 3. The molecule has 1 saturated heterocycles. The Kier molecular flexibility index (Phi) is 5.10. The molecule has 1 saturated carbocycles. The molecule has 0 N–H and O–H groups in total. The molecule has 1 aliphatic heterocycles. The van der Waals surface area contributed by atoms with Crippen LogP contribution < -0.4 is 0 Å². The van der Waals surface area contributed by atoms with Crippen LogP contribution in [0.25, 0.3) is 21.3 Å². The van der Waals surface area contributed by atoms with Crippen LogP contribution in [0.15, 0.2) is 12.4 Å². The Morgan fingerprint density at radius 1 is 1.17 bits per heavy atom. The first kappa shape index (κ1) is 20.0. The second-order valence-corrected chi connectivity index (χ2v) is 10.3. The smallest absolute Gasteiger partial charge is 0.264 e. The van der Waals surface area contributed by atoms with Crippen molar-refractivity contribution in [3.63, 3.8) is 0 Å². The second-order valence-electron chi connectivity index (χ2n) is 8.89. The van der Waals surface area contributed by atoms with Crippen molar-refractivity contribution in [2.45, 2.75) is 46.0 Å². The first-order chi connectivity index (χ1) is 14.4. The fourth-order valence-electron chi connectivity index (χ4n) is 5.13. The lowest BCUT2D eigenvalue weighted by Gasteiger charge is -2.44. The highest BCUT2D eigenvalue weighted by molar-refractivity contribution is 7.21. The number of amides is 1. The number of likely N-dealkylation sites (tertiary alicyclic amines) is 1. The molecular formula is C23H27ClN4OS. The zero-order valence-electron chi connectivity index (χ0n) is 17.7. The molecule has 3 aromatic rings. The summed E-state index contributed by atoms with van der Waals surface area (Å²) in [5.74, 6) is 1.59. The van der Waals surface area contributed by atoms with E-state index in [-0.39, 0.29) is 5.91 Å². The molecule has 7 heteroatoms. The Balaban J connectivity index is 1.52. The van der Waals surface area contributed by atoms with E-state index in [1.165, 1.54) is 43.4 Å². The summed E-state index contributed by atoms with van der Waals surface area (Å²) in [6, 6.07) is 0. The average molecular weight is 443 g/mol. The molecule has 4 heterocycles. The van der Waals surface area contributed by atoms with Gasteiger partial charge in [0, 0.05) is 42.8 Å². The molecule has 1 amide bonds. The van der Waals surface area contributed by atoms with E-state index in [1.54, 1.807) is 4.68 Å². The molecule has 0 bridgehead atoms. The van der Waals surface area contributed by atoms with Crippen LogP contribution >= 0.6 is 22.9 Å². The predicted molar refractivity (Wildman–Crippen MR) is 122 cm³/mol. The molecule has 0 aromatic carbocycles. The van der Waals surface area contributed by atoms with Crippen molar-refractivity contribution in [3.8, 4) is 11.1 Å². The van der Waals surface area contributed by atoms with Gasteiger partial charge in [0.2, 0.25) is 0 Å². The Bertz CT molecular complexity index is 1120. The number of rotatable bonds is 3. The number of halogens is 1. The molecule has 2 fully saturated rings. The van der Waals surface area contributed by atoms with Gasteiger partial charge in [0.05, 0.1) is 16.9 Å². The summed E-state index contributed by atoms with van der Waals surface area (Å²) in [6.07, 6.45) is 10.5. The van der Waals surface area contributed by atoms with Gasteiger partial charge >= 0.3 is 0 Å². The van der Waals surface area contributed by atoms with Gasteiger partial charge in [-0.15, -0.1) is 11.3 Å². The van der Waals surface area contributed by atoms with Crippen molar-refractivity contribution in [1.82, 2.24) is 19.7 Å². The van der Waals surface area contributed by atoms with Gasteiger partial charge in [0.15, 0.2) is 0 Å². The summed E-state index contributed by atoms with van der Waals surface area (Å²) in [4.78, 5) is 21.9. The zero-order valence-corrected chi connectivity index (χ0v) is 19.3. The van der Waals surface area contributed by atoms with Gasteiger partial charge in [0.1, 0.15) is 9.71 Å². The minimum Gasteiger partial charge on any atom is -0.337 e. The third kappa shape index (κ3) is 3.25. The number of hydrogen-bond donors (Lipinski definition) is 0. The average Bonchev–Trinajstić information content (AvgIpc) is 3.29. The van der Waals surface area contributed by atoms with Crippen molar-refractivity contribution >= 4 is 39.1 Å². The molecule has 2 aliphatic rings. The van der Waals surface area contributed by atoms with E-state index in [4.69, 9.17) is 16.6 Å². The van der Waals surface area contributed by atoms with Crippen LogP contribution in [0, 0.1) is 25.7 Å². The van der Waals surface area contributed by atoms with Gasteiger partial charge in [-0.05, 0) is 31.2 Å². The highest BCUT2D eigenvalue weighted by Crippen LogP contribution is 2.44. The number of thiophene rings is 1. The van der Waals surface area contributed by atoms with E-state index in [0.29, 0.717) is 10.9 Å². The minimum atomic E-state index is 0.122. The van der Waals surface area contributed by atoms with E-state index in [9.17, 15) is 4.79 Å². The molecule has 0 radical (unpaired) electrons. The van der Waals surface area contributed by atoms with Gasteiger partial charge in [-0.25, -0.2) is 4.98 Å². The standard InChI is InChI=1S/C23H27ClN4OS/c1-13-18-19(16-9-25-27(3)10-16)21(30-22(18)26-14(2)20(13)24)23(29)28-11-17(12-28)15-7-5-4-6-8-15/h9-10,15,17H,4-8,11-12H2,1-3H3. The molecule has 3 aromatic heterocycles. The molecule has 0 atom stereocenters. The third-order valence-corrected chi connectivity index (χ3v) is 8.51. The first-order valence-electron chi connectivity index (χ1n) is 10.8. The molecule has 158 valence electrons. The fourth-order valence-corrected chi connectivity index (χ4v) is 6.54. The number of nitrogens with zero attached hydrogens (tertiary/aromatic N) is 4. The lowest BCUT2D eigenvalue weighted by Crippen LogP contribution is -2.52. The normalized spacial score (nSPS) is 18.2. The van der Waals surface area contributed by atoms with Crippen LogP contribution in [0.2, 0.25) is 5.02 Å². The van der Waals surface area contributed by atoms with Crippen LogP contribution in [0.5, 0.6) is 0 Å². The summed E-state index contributed by atoms with van der Waals surface area (Å²) in [7, 11) is 1.89. The summed E-state index contributed by atoms with van der Waals surface area (Å²) in [5, 5.41) is 6.00. The summed E-state index contributed by atoms with van der Waals surface area (Å²) in [6.45, 7) is 5.71. The quantitative estimate of drug-likeness (QED) is 0.529. The maximum absolute atomic E-state index is 13.6. The highest BCUT2D eigenvalue weighted by Gasteiger charge is 2.38. The topological polar surface area (TPSA) is 51.0 Å². The maximum atomic E-state index is 13.6. The molecule has 1 aliphatic carbocycles. The Hall–Kier alpha value is -1.92. The molecule has 5 nitrogen and oxygen atoms in total. The Morgan fingerprint density at radius 2 is 1.90 bits per heavy atom. The molecule has 30 heavy (non-hydrogen) atoms. The Morgan fingerprint density at radius 3 is 2.57 bits per heavy atom. The SMILES string of the molecule is Cc1nc2sc(C(=O)N3CC(C4CCCCC4)C3)c(-c3cnn(C)c3)c2c(C)c1Cl. The summed E-state index contributed by atoms with van der Waals surface area (Å²) >= 11 is 8.03. The number of aromatic nitrogens is 3. The third-order valence-electron chi connectivity index (χ3n) is 6.88. The largest absolute Gasteiger partial charge is 0.337 e. The van der Waals surface area contributed by atoms with Crippen molar-refractivity contribution in [2.75, 3.05) is 13.1 Å². The van der Waals surface area contributed by atoms with Gasteiger partial charge in [-0.3, -0.25) is 9.48 Å². The number of hydrogen-bond acceptors (Lipinski definition) is 4.